The van der Waals surface area contributed by atoms with Crippen molar-refractivity contribution in [1.82, 2.24) is 15.1 Å². The molecule has 2 atom stereocenters. The van der Waals surface area contributed by atoms with Crippen LogP contribution in [0.4, 0.5) is 0 Å². The maximum absolute atomic E-state index is 3.57. The maximum Gasteiger partial charge on any atom is 0.0302 e. The smallest absolute Gasteiger partial charge is 0.0302 e. The molecular formula is C15H27N3S. The Morgan fingerprint density at radius 3 is 2.58 bits per heavy atom. The minimum absolute atomic E-state index is 0.670. The first kappa shape index (κ1) is 15.0. The van der Waals surface area contributed by atoms with Crippen molar-refractivity contribution in [3.8, 4) is 0 Å². The van der Waals surface area contributed by atoms with Crippen LogP contribution < -0.4 is 5.32 Å². The quantitative estimate of drug-likeness (QED) is 0.835. The van der Waals surface area contributed by atoms with Gasteiger partial charge in [0.1, 0.15) is 0 Å². The number of likely N-dealkylation sites (N-methyl/N-ethyl adjacent to an activating group) is 1. The summed E-state index contributed by atoms with van der Waals surface area (Å²) in [5, 5.41) is 5.75. The van der Waals surface area contributed by atoms with Gasteiger partial charge in [0.05, 0.1) is 0 Å². The highest BCUT2D eigenvalue weighted by Crippen LogP contribution is 2.15. The molecule has 0 bridgehead atoms. The minimum Gasteiger partial charge on any atom is -0.311 e. The van der Waals surface area contributed by atoms with Gasteiger partial charge in [-0.05, 0) is 44.8 Å². The van der Waals surface area contributed by atoms with Gasteiger partial charge in [0.2, 0.25) is 0 Å². The summed E-state index contributed by atoms with van der Waals surface area (Å²) in [7, 11) is 2.24. The van der Waals surface area contributed by atoms with Gasteiger partial charge in [0.15, 0.2) is 0 Å². The van der Waals surface area contributed by atoms with Crippen LogP contribution in [0.25, 0.3) is 0 Å². The standard InChI is InChI=1S/C15H27N3S/c1-12-5-8-19-15(12)9-16-6-7-18-10-13(2)17(4)14(3)11-18/h5,8,13-14,16H,6-7,9-11H2,1-4H3. The number of nitrogens with one attached hydrogen (secondary N) is 1. The number of rotatable bonds is 5. The molecule has 1 aliphatic heterocycles. The molecule has 0 saturated carbocycles. The number of piperazine rings is 1. The van der Waals surface area contributed by atoms with Crippen LogP contribution in [0.15, 0.2) is 11.4 Å². The molecule has 3 nitrogen and oxygen atoms in total. The highest BCUT2D eigenvalue weighted by atomic mass is 32.1. The van der Waals surface area contributed by atoms with Crippen molar-refractivity contribution in [1.29, 1.82) is 0 Å². The summed E-state index contributed by atoms with van der Waals surface area (Å²) >= 11 is 1.85. The van der Waals surface area contributed by atoms with Crippen molar-refractivity contribution in [2.24, 2.45) is 0 Å². The van der Waals surface area contributed by atoms with Gasteiger partial charge in [-0.3, -0.25) is 9.80 Å². The lowest BCUT2D eigenvalue weighted by Crippen LogP contribution is -2.55. The zero-order valence-corrected chi connectivity index (χ0v) is 13.5. The average molecular weight is 281 g/mol. The van der Waals surface area contributed by atoms with Gasteiger partial charge in [-0.25, -0.2) is 0 Å². The van der Waals surface area contributed by atoms with Crippen LogP contribution in [0.5, 0.6) is 0 Å². The monoisotopic (exact) mass is 281 g/mol. The van der Waals surface area contributed by atoms with Crippen LogP contribution >= 0.6 is 11.3 Å². The lowest BCUT2D eigenvalue weighted by Gasteiger charge is -2.42. The Labute approximate surface area is 121 Å². The highest BCUT2D eigenvalue weighted by molar-refractivity contribution is 7.10. The van der Waals surface area contributed by atoms with Crippen LogP contribution in [0.1, 0.15) is 24.3 Å². The predicted molar refractivity (Wildman–Crippen MR) is 83.9 cm³/mol. The Morgan fingerprint density at radius 1 is 1.32 bits per heavy atom. The average Bonchev–Trinajstić information content (AvgIpc) is 2.77. The second-order valence-electron chi connectivity index (χ2n) is 5.83. The van der Waals surface area contributed by atoms with Crippen LogP contribution in [-0.2, 0) is 6.54 Å². The molecule has 108 valence electrons. The Hall–Kier alpha value is -0.420. The van der Waals surface area contributed by atoms with E-state index in [9.17, 15) is 0 Å². The summed E-state index contributed by atoms with van der Waals surface area (Å²) in [4.78, 5) is 6.54. The summed E-state index contributed by atoms with van der Waals surface area (Å²) < 4.78 is 0. The minimum atomic E-state index is 0.670. The van der Waals surface area contributed by atoms with Crippen molar-refractivity contribution < 1.29 is 0 Å². The van der Waals surface area contributed by atoms with Gasteiger partial charge in [-0.2, -0.15) is 0 Å². The fourth-order valence-corrected chi connectivity index (χ4v) is 3.60. The largest absolute Gasteiger partial charge is 0.311 e. The van der Waals surface area contributed by atoms with E-state index in [1.807, 2.05) is 11.3 Å². The molecule has 1 saturated heterocycles. The van der Waals surface area contributed by atoms with E-state index in [4.69, 9.17) is 0 Å². The topological polar surface area (TPSA) is 18.5 Å². The molecule has 19 heavy (non-hydrogen) atoms. The van der Waals surface area contributed by atoms with E-state index < -0.39 is 0 Å². The van der Waals surface area contributed by atoms with Crippen molar-refractivity contribution in [3.05, 3.63) is 21.9 Å². The van der Waals surface area contributed by atoms with Crippen molar-refractivity contribution in [3.63, 3.8) is 0 Å². The Balaban J connectivity index is 1.67. The van der Waals surface area contributed by atoms with Gasteiger partial charge in [-0.15, -0.1) is 11.3 Å². The normalized spacial score (nSPS) is 25.9. The lowest BCUT2D eigenvalue weighted by molar-refractivity contribution is 0.0607. The lowest BCUT2D eigenvalue weighted by atomic mass is 10.1. The zero-order valence-electron chi connectivity index (χ0n) is 12.6. The fraction of sp³-hybridized carbons (Fsp3) is 0.733. The Kier molecular flexibility index (Phi) is 5.39. The summed E-state index contributed by atoms with van der Waals surface area (Å²) in [5.41, 5.74) is 1.42. The molecule has 0 radical (unpaired) electrons. The molecule has 1 aromatic rings. The van der Waals surface area contributed by atoms with Gasteiger partial charge < -0.3 is 5.32 Å². The van der Waals surface area contributed by atoms with Crippen LogP contribution in [0.2, 0.25) is 0 Å². The Bertz CT molecular complexity index is 378. The third kappa shape index (κ3) is 4.02. The van der Waals surface area contributed by atoms with Gasteiger partial charge in [0, 0.05) is 49.7 Å². The highest BCUT2D eigenvalue weighted by Gasteiger charge is 2.25. The molecule has 0 amide bonds. The van der Waals surface area contributed by atoms with E-state index >= 15 is 0 Å². The van der Waals surface area contributed by atoms with Crippen LogP contribution in [0.3, 0.4) is 0 Å². The van der Waals surface area contributed by atoms with E-state index in [1.54, 1.807) is 0 Å². The second-order valence-corrected chi connectivity index (χ2v) is 6.83. The molecule has 0 aromatic carbocycles. The van der Waals surface area contributed by atoms with Crippen LogP contribution in [0, 0.1) is 6.92 Å². The molecule has 0 spiro atoms. The molecule has 4 heteroatoms. The van der Waals surface area contributed by atoms with Crippen molar-refractivity contribution in [2.75, 3.05) is 33.2 Å². The first-order chi connectivity index (χ1) is 9.08. The number of hydrogen-bond acceptors (Lipinski definition) is 4. The van der Waals surface area contributed by atoms with E-state index in [0.717, 1.165) is 19.6 Å². The van der Waals surface area contributed by atoms with E-state index in [0.29, 0.717) is 12.1 Å². The summed E-state index contributed by atoms with van der Waals surface area (Å²) in [6.07, 6.45) is 0. The van der Waals surface area contributed by atoms with E-state index in [2.05, 4.69) is 54.4 Å². The molecular weight excluding hydrogens is 254 g/mol. The third-order valence-electron chi connectivity index (χ3n) is 4.29. The molecule has 2 rings (SSSR count). The molecule has 0 aliphatic carbocycles. The SMILES string of the molecule is Cc1ccsc1CNCCN1CC(C)N(C)C(C)C1. The molecule has 2 heterocycles. The second kappa shape index (κ2) is 6.84. The maximum atomic E-state index is 3.57. The van der Waals surface area contributed by atoms with Gasteiger partial charge in [0.25, 0.3) is 0 Å². The predicted octanol–water partition coefficient (Wildman–Crippen LogP) is 2.17. The van der Waals surface area contributed by atoms with E-state index in [-0.39, 0.29) is 0 Å². The molecule has 1 aromatic heterocycles. The number of nitrogens with zero attached hydrogens (tertiary/aromatic N) is 2. The first-order valence-electron chi connectivity index (χ1n) is 7.26. The van der Waals surface area contributed by atoms with Crippen LogP contribution in [-0.4, -0.2) is 55.1 Å². The zero-order chi connectivity index (χ0) is 13.8. The molecule has 1 N–H and O–H groups in total. The van der Waals surface area contributed by atoms with Crippen molar-refractivity contribution >= 4 is 11.3 Å². The summed E-state index contributed by atoms with van der Waals surface area (Å²) in [5.74, 6) is 0. The number of thiophene rings is 1. The number of hydrogen-bond donors (Lipinski definition) is 1. The Morgan fingerprint density at radius 2 is 2.00 bits per heavy atom. The first-order valence-corrected chi connectivity index (χ1v) is 8.14. The summed E-state index contributed by atoms with van der Waals surface area (Å²) in [6, 6.07) is 3.54. The fourth-order valence-electron chi connectivity index (χ4n) is 2.72. The molecule has 2 unspecified atom stereocenters. The van der Waals surface area contributed by atoms with E-state index in [1.165, 1.54) is 23.5 Å². The molecule has 1 fully saturated rings. The number of aryl methyl sites for hydroxylation is 1. The summed E-state index contributed by atoms with van der Waals surface area (Å²) in [6.45, 7) is 12.5. The van der Waals surface area contributed by atoms with Gasteiger partial charge >= 0.3 is 0 Å². The van der Waals surface area contributed by atoms with Crippen molar-refractivity contribution in [2.45, 2.75) is 39.4 Å². The van der Waals surface area contributed by atoms with Gasteiger partial charge in [-0.1, -0.05) is 0 Å². The molecule has 1 aliphatic rings. The third-order valence-corrected chi connectivity index (χ3v) is 5.32.